The van der Waals surface area contributed by atoms with E-state index in [-0.39, 0.29) is 4.90 Å². The van der Waals surface area contributed by atoms with Crippen LogP contribution in [-0.4, -0.2) is 20.4 Å². The Balaban J connectivity index is 2.46. The van der Waals surface area contributed by atoms with Crippen molar-refractivity contribution in [2.24, 2.45) is 0 Å². The predicted molar refractivity (Wildman–Crippen MR) is 84.7 cm³/mol. The SMILES string of the molecule is CNS(=O)(=O)c1ccc(-c2cc(C(C)C)ncc2C)cc1. The smallest absolute Gasteiger partial charge is 0.240 e. The van der Waals surface area contributed by atoms with E-state index < -0.39 is 10.0 Å². The Bertz CT molecular complexity index is 735. The minimum absolute atomic E-state index is 0.268. The highest BCUT2D eigenvalue weighted by atomic mass is 32.2. The molecule has 0 atom stereocenters. The molecule has 0 saturated heterocycles. The molecule has 1 N–H and O–H groups in total. The van der Waals surface area contributed by atoms with Gasteiger partial charge in [0, 0.05) is 11.9 Å². The van der Waals surface area contributed by atoms with Gasteiger partial charge in [0.25, 0.3) is 0 Å². The van der Waals surface area contributed by atoms with Gasteiger partial charge in [0.1, 0.15) is 0 Å². The van der Waals surface area contributed by atoms with Crippen LogP contribution >= 0.6 is 0 Å². The van der Waals surface area contributed by atoms with Crippen molar-refractivity contribution in [3.63, 3.8) is 0 Å². The highest BCUT2D eigenvalue weighted by molar-refractivity contribution is 7.89. The number of nitrogens with one attached hydrogen (secondary N) is 1. The topological polar surface area (TPSA) is 59.1 Å². The molecule has 0 bridgehead atoms. The zero-order valence-corrected chi connectivity index (χ0v) is 13.5. The molecule has 21 heavy (non-hydrogen) atoms. The van der Waals surface area contributed by atoms with E-state index in [0.717, 1.165) is 22.4 Å². The van der Waals surface area contributed by atoms with Gasteiger partial charge in [-0.3, -0.25) is 4.98 Å². The van der Waals surface area contributed by atoms with Gasteiger partial charge >= 0.3 is 0 Å². The van der Waals surface area contributed by atoms with E-state index in [9.17, 15) is 8.42 Å². The summed E-state index contributed by atoms with van der Waals surface area (Å²) in [6.45, 7) is 6.21. The van der Waals surface area contributed by atoms with Crippen molar-refractivity contribution >= 4 is 10.0 Å². The molecular weight excluding hydrogens is 284 g/mol. The second-order valence-electron chi connectivity index (χ2n) is 5.31. The van der Waals surface area contributed by atoms with Gasteiger partial charge in [0.05, 0.1) is 4.90 Å². The largest absolute Gasteiger partial charge is 0.261 e. The van der Waals surface area contributed by atoms with E-state index >= 15 is 0 Å². The van der Waals surface area contributed by atoms with Gasteiger partial charge < -0.3 is 0 Å². The number of sulfonamides is 1. The van der Waals surface area contributed by atoms with Gasteiger partial charge in [-0.15, -0.1) is 0 Å². The second kappa shape index (κ2) is 5.95. The minimum Gasteiger partial charge on any atom is -0.261 e. The van der Waals surface area contributed by atoms with Crippen LogP contribution in [0.15, 0.2) is 41.4 Å². The Hall–Kier alpha value is -1.72. The van der Waals surface area contributed by atoms with Crippen LogP contribution in [0.2, 0.25) is 0 Å². The molecule has 2 aromatic rings. The summed E-state index contributed by atoms with van der Waals surface area (Å²) in [6, 6.07) is 8.97. The monoisotopic (exact) mass is 304 g/mol. The van der Waals surface area contributed by atoms with Crippen molar-refractivity contribution in [2.45, 2.75) is 31.6 Å². The molecular formula is C16H20N2O2S. The molecule has 0 fully saturated rings. The molecule has 0 saturated carbocycles. The van der Waals surface area contributed by atoms with E-state index in [2.05, 4.69) is 29.6 Å². The van der Waals surface area contributed by atoms with E-state index in [1.807, 2.05) is 25.3 Å². The maximum atomic E-state index is 11.7. The van der Waals surface area contributed by atoms with Crippen LogP contribution in [-0.2, 0) is 10.0 Å². The van der Waals surface area contributed by atoms with Gasteiger partial charge in [0.2, 0.25) is 10.0 Å². The molecule has 112 valence electrons. The molecule has 4 nitrogen and oxygen atoms in total. The Labute approximate surface area is 126 Å². The molecule has 2 rings (SSSR count). The first-order chi connectivity index (χ1) is 9.85. The Morgan fingerprint density at radius 1 is 1.14 bits per heavy atom. The first-order valence-corrected chi connectivity index (χ1v) is 8.34. The molecule has 0 spiro atoms. The van der Waals surface area contributed by atoms with E-state index in [4.69, 9.17) is 0 Å². The maximum absolute atomic E-state index is 11.7. The maximum Gasteiger partial charge on any atom is 0.240 e. The molecule has 1 heterocycles. The predicted octanol–water partition coefficient (Wildman–Crippen LogP) is 3.09. The van der Waals surface area contributed by atoms with Crippen LogP contribution < -0.4 is 4.72 Å². The summed E-state index contributed by atoms with van der Waals surface area (Å²) in [5.74, 6) is 0.355. The Morgan fingerprint density at radius 3 is 2.29 bits per heavy atom. The Morgan fingerprint density at radius 2 is 1.76 bits per heavy atom. The summed E-state index contributed by atoms with van der Waals surface area (Å²) in [5.41, 5.74) is 4.18. The fraction of sp³-hybridized carbons (Fsp3) is 0.312. The quantitative estimate of drug-likeness (QED) is 0.944. The third-order valence-electron chi connectivity index (χ3n) is 3.46. The fourth-order valence-electron chi connectivity index (χ4n) is 2.10. The van der Waals surface area contributed by atoms with Crippen LogP contribution in [0.1, 0.15) is 31.0 Å². The number of nitrogens with zero attached hydrogens (tertiary/aromatic N) is 1. The number of rotatable bonds is 4. The lowest BCUT2D eigenvalue weighted by molar-refractivity contribution is 0.588. The minimum atomic E-state index is -3.39. The third-order valence-corrected chi connectivity index (χ3v) is 4.89. The highest BCUT2D eigenvalue weighted by Crippen LogP contribution is 2.26. The molecule has 1 aromatic carbocycles. The van der Waals surface area contributed by atoms with Gasteiger partial charge in [-0.05, 0) is 54.8 Å². The Kier molecular flexibility index (Phi) is 4.44. The number of hydrogen-bond donors (Lipinski definition) is 1. The van der Waals surface area contributed by atoms with Crippen molar-refractivity contribution in [2.75, 3.05) is 7.05 Å². The number of aryl methyl sites for hydroxylation is 1. The molecule has 0 amide bonds. The summed E-state index contributed by atoms with van der Waals surface area (Å²) in [6.07, 6.45) is 1.86. The summed E-state index contributed by atoms with van der Waals surface area (Å²) >= 11 is 0. The van der Waals surface area contributed by atoms with Crippen LogP contribution in [0.25, 0.3) is 11.1 Å². The average Bonchev–Trinajstić information content (AvgIpc) is 2.47. The van der Waals surface area contributed by atoms with Crippen molar-refractivity contribution < 1.29 is 8.42 Å². The standard InChI is InChI=1S/C16H20N2O2S/c1-11(2)16-9-15(12(3)10-18-16)13-5-7-14(8-6-13)21(19,20)17-4/h5-11,17H,1-4H3. The van der Waals surface area contributed by atoms with Crippen LogP contribution in [0.5, 0.6) is 0 Å². The van der Waals surface area contributed by atoms with Crippen molar-refractivity contribution in [1.82, 2.24) is 9.71 Å². The van der Waals surface area contributed by atoms with Crippen molar-refractivity contribution in [3.05, 3.63) is 47.8 Å². The zero-order chi connectivity index (χ0) is 15.6. The second-order valence-corrected chi connectivity index (χ2v) is 7.20. The van der Waals surface area contributed by atoms with Gasteiger partial charge in [-0.2, -0.15) is 0 Å². The third kappa shape index (κ3) is 3.31. The van der Waals surface area contributed by atoms with Crippen LogP contribution in [0, 0.1) is 6.92 Å². The average molecular weight is 304 g/mol. The van der Waals surface area contributed by atoms with E-state index in [0.29, 0.717) is 5.92 Å². The zero-order valence-electron chi connectivity index (χ0n) is 12.7. The van der Waals surface area contributed by atoms with E-state index in [1.54, 1.807) is 12.1 Å². The fourth-order valence-corrected chi connectivity index (χ4v) is 2.83. The summed E-state index contributed by atoms with van der Waals surface area (Å²) in [7, 11) is -1.98. The first kappa shape index (κ1) is 15.7. The first-order valence-electron chi connectivity index (χ1n) is 6.85. The highest BCUT2D eigenvalue weighted by Gasteiger charge is 2.12. The van der Waals surface area contributed by atoms with Gasteiger partial charge in [-0.25, -0.2) is 13.1 Å². The molecule has 0 aliphatic carbocycles. The molecule has 0 aliphatic heterocycles. The van der Waals surface area contributed by atoms with Gasteiger partial charge in [0.15, 0.2) is 0 Å². The van der Waals surface area contributed by atoms with Crippen LogP contribution in [0.4, 0.5) is 0 Å². The number of pyridine rings is 1. The molecule has 5 heteroatoms. The summed E-state index contributed by atoms with van der Waals surface area (Å²) < 4.78 is 25.8. The molecule has 1 aromatic heterocycles. The van der Waals surface area contributed by atoms with Crippen molar-refractivity contribution in [1.29, 1.82) is 0 Å². The molecule has 0 unspecified atom stereocenters. The normalized spacial score (nSPS) is 11.9. The number of hydrogen-bond acceptors (Lipinski definition) is 3. The lowest BCUT2D eigenvalue weighted by Gasteiger charge is -2.11. The summed E-state index contributed by atoms with van der Waals surface area (Å²) in [5, 5.41) is 0. The van der Waals surface area contributed by atoms with Crippen LogP contribution in [0.3, 0.4) is 0 Å². The lowest BCUT2D eigenvalue weighted by Crippen LogP contribution is -2.18. The molecule has 0 radical (unpaired) electrons. The lowest BCUT2D eigenvalue weighted by atomic mass is 9.99. The van der Waals surface area contributed by atoms with Gasteiger partial charge in [-0.1, -0.05) is 26.0 Å². The molecule has 0 aliphatic rings. The number of benzene rings is 1. The van der Waals surface area contributed by atoms with Crippen molar-refractivity contribution in [3.8, 4) is 11.1 Å². The number of aromatic nitrogens is 1. The van der Waals surface area contributed by atoms with E-state index in [1.165, 1.54) is 7.05 Å². The summed E-state index contributed by atoms with van der Waals surface area (Å²) in [4.78, 5) is 4.70.